The highest BCUT2D eigenvalue weighted by atomic mass is 31.2. The van der Waals surface area contributed by atoms with Crippen LogP contribution in [0.1, 0.15) is 40.5 Å². The SMILES string of the molecule is CC(=O)O[C@H](CO[P@]1(=O)OC[C@H]2O[C@@H](N3C=CC(=O)CC3=O)[C@](C)(N)[C@@H]2O1)CC(=O)OC(C)C. The molecule has 6 atom stereocenters. The second-order valence-corrected chi connectivity index (χ2v) is 10.3. The number of carbonyl (C=O) groups is 4. The summed E-state index contributed by atoms with van der Waals surface area (Å²) in [5.41, 5.74) is 5.09. The molecule has 0 spiro atoms. The summed E-state index contributed by atoms with van der Waals surface area (Å²) >= 11 is 0. The number of phosphoric acid groups is 1. The average Bonchev–Trinajstić information content (AvgIpc) is 2.95. The van der Waals surface area contributed by atoms with Crippen LogP contribution in [0.15, 0.2) is 12.3 Å². The Morgan fingerprint density at radius 3 is 2.65 bits per heavy atom. The molecule has 0 aliphatic carbocycles. The zero-order valence-corrected chi connectivity index (χ0v) is 20.2. The minimum absolute atomic E-state index is 0.219. The smallest absolute Gasteiger partial charge is 0.463 e. The van der Waals surface area contributed by atoms with Crippen molar-refractivity contribution >= 4 is 31.5 Å². The van der Waals surface area contributed by atoms with E-state index >= 15 is 0 Å². The van der Waals surface area contributed by atoms with Gasteiger partial charge in [0.1, 0.15) is 18.3 Å². The van der Waals surface area contributed by atoms with Gasteiger partial charge in [0.05, 0.1) is 37.7 Å². The van der Waals surface area contributed by atoms with Gasteiger partial charge >= 0.3 is 19.8 Å². The zero-order valence-electron chi connectivity index (χ0n) is 19.3. The minimum atomic E-state index is -4.20. The van der Waals surface area contributed by atoms with Crippen LogP contribution in [0.4, 0.5) is 0 Å². The van der Waals surface area contributed by atoms with Gasteiger partial charge in [-0.05, 0) is 26.8 Å². The van der Waals surface area contributed by atoms with E-state index < -0.39 is 62.4 Å². The van der Waals surface area contributed by atoms with Gasteiger partial charge in [-0.15, -0.1) is 0 Å². The number of allylic oxidation sites excluding steroid dienone is 1. The maximum atomic E-state index is 13.1. The van der Waals surface area contributed by atoms with E-state index in [2.05, 4.69) is 0 Å². The van der Waals surface area contributed by atoms with Crippen LogP contribution in [0.2, 0.25) is 0 Å². The van der Waals surface area contributed by atoms with Gasteiger partial charge in [0.2, 0.25) is 5.91 Å². The van der Waals surface area contributed by atoms with Gasteiger partial charge in [-0.2, -0.15) is 0 Å². The second-order valence-electron chi connectivity index (χ2n) is 8.69. The Kier molecular flexibility index (Phi) is 7.96. The lowest BCUT2D eigenvalue weighted by Gasteiger charge is -2.38. The Bertz CT molecular complexity index is 918. The molecule has 3 aliphatic heterocycles. The van der Waals surface area contributed by atoms with E-state index in [-0.39, 0.29) is 31.3 Å². The lowest BCUT2D eigenvalue weighted by molar-refractivity contribution is -0.157. The Hall–Kier alpha value is -2.15. The zero-order chi connectivity index (χ0) is 25.3. The van der Waals surface area contributed by atoms with Crippen molar-refractivity contribution in [2.45, 2.75) is 76.7 Å². The van der Waals surface area contributed by atoms with Crippen molar-refractivity contribution in [2.24, 2.45) is 5.73 Å². The maximum absolute atomic E-state index is 13.1. The van der Waals surface area contributed by atoms with E-state index in [0.29, 0.717) is 0 Å². The summed E-state index contributed by atoms with van der Waals surface area (Å²) in [6.45, 7) is 5.35. The van der Waals surface area contributed by atoms with Crippen LogP contribution < -0.4 is 5.73 Å². The molecule has 1 amide bonds. The number of hydrogen-bond acceptors (Lipinski definition) is 12. The highest BCUT2D eigenvalue weighted by Crippen LogP contribution is 2.57. The molecule has 3 aliphatic rings. The predicted molar refractivity (Wildman–Crippen MR) is 113 cm³/mol. The van der Waals surface area contributed by atoms with Crippen LogP contribution in [0.25, 0.3) is 0 Å². The molecule has 14 heteroatoms. The van der Waals surface area contributed by atoms with Gasteiger partial charge in [-0.3, -0.25) is 37.6 Å². The number of ether oxygens (including phenoxy) is 3. The molecule has 2 N–H and O–H groups in total. The van der Waals surface area contributed by atoms with Gasteiger partial charge in [0.15, 0.2) is 12.0 Å². The number of esters is 2. The molecule has 13 nitrogen and oxygen atoms in total. The van der Waals surface area contributed by atoms with Crippen LogP contribution in [0.5, 0.6) is 0 Å². The molecule has 0 aromatic carbocycles. The Balaban J connectivity index is 1.67. The number of fused-ring (bicyclic) bond motifs is 1. The molecule has 0 radical (unpaired) electrons. The van der Waals surface area contributed by atoms with Gasteiger partial charge in [-0.25, -0.2) is 4.57 Å². The quantitative estimate of drug-likeness (QED) is 0.277. The summed E-state index contributed by atoms with van der Waals surface area (Å²) in [6.07, 6.45) is -2.35. The molecule has 0 aromatic rings. The average molecular weight is 504 g/mol. The third kappa shape index (κ3) is 6.09. The molecule has 34 heavy (non-hydrogen) atoms. The summed E-state index contributed by atoms with van der Waals surface area (Å²) in [4.78, 5) is 48.4. The van der Waals surface area contributed by atoms with Gasteiger partial charge in [0, 0.05) is 13.1 Å². The van der Waals surface area contributed by atoms with E-state index in [9.17, 15) is 23.7 Å². The van der Waals surface area contributed by atoms with E-state index in [0.717, 1.165) is 6.92 Å². The van der Waals surface area contributed by atoms with Gasteiger partial charge in [0.25, 0.3) is 0 Å². The third-order valence-corrected chi connectivity index (χ3v) is 6.64. The molecule has 190 valence electrons. The lowest BCUT2D eigenvalue weighted by atomic mass is 9.92. The van der Waals surface area contributed by atoms with Crippen LogP contribution in [0, 0.1) is 0 Å². The van der Waals surface area contributed by atoms with Crippen molar-refractivity contribution in [1.29, 1.82) is 0 Å². The van der Waals surface area contributed by atoms with Crippen molar-refractivity contribution in [3.8, 4) is 0 Å². The lowest BCUT2D eigenvalue weighted by Crippen LogP contribution is -2.60. The molecule has 2 saturated heterocycles. The summed E-state index contributed by atoms with van der Waals surface area (Å²) in [5, 5.41) is 0. The topological polar surface area (TPSA) is 170 Å². The van der Waals surface area contributed by atoms with Crippen molar-refractivity contribution < 1.29 is 51.5 Å². The normalized spacial score (nSPS) is 34.2. The number of phosphoric ester groups is 1. The Morgan fingerprint density at radius 2 is 2.03 bits per heavy atom. The number of nitrogens with zero attached hydrogens (tertiary/aromatic N) is 1. The number of rotatable bonds is 8. The number of carbonyl (C=O) groups excluding carboxylic acids is 4. The molecular weight excluding hydrogens is 475 g/mol. The molecule has 3 heterocycles. The fourth-order valence-electron chi connectivity index (χ4n) is 3.80. The van der Waals surface area contributed by atoms with Crippen molar-refractivity contribution in [3.63, 3.8) is 0 Å². The van der Waals surface area contributed by atoms with E-state index in [1.54, 1.807) is 20.8 Å². The Morgan fingerprint density at radius 1 is 1.32 bits per heavy atom. The molecule has 0 unspecified atom stereocenters. The summed E-state index contributed by atoms with van der Waals surface area (Å²) in [7, 11) is -4.20. The van der Waals surface area contributed by atoms with Crippen molar-refractivity contribution in [1.82, 2.24) is 4.90 Å². The van der Waals surface area contributed by atoms with Crippen LogP contribution in [0.3, 0.4) is 0 Å². The van der Waals surface area contributed by atoms with Crippen molar-refractivity contribution in [3.05, 3.63) is 12.3 Å². The third-order valence-electron chi connectivity index (χ3n) is 5.23. The van der Waals surface area contributed by atoms with E-state index in [1.165, 1.54) is 17.2 Å². The van der Waals surface area contributed by atoms with E-state index in [1.807, 2.05) is 0 Å². The number of hydrogen-bond donors (Lipinski definition) is 1. The second kappa shape index (κ2) is 10.2. The van der Waals surface area contributed by atoms with Gasteiger partial charge in [-0.1, -0.05) is 0 Å². The fraction of sp³-hybridized carbons (Fsp3) is 0.700. The highest BCUT2D eigenvalue weighted by Gasteiger charge is 2.60. The van der Waals surface area contributed by atoms with Crippen LogP contribution in [-0.2, 0) is 51.5 Å². The molecule has 2 fully saturated rings. The number of amides is 1. The Labute approximate surface area is 196 Å². The maximum Gasteiger partial charge on any atom is 0.475 e. The molecular formula is C20H29N2O11P. The summed E-state index contributed by atoms with van der Waals surface area (Å²) in [5.74, 6) is -2.14. The number of nitrogens with two attached hydrogens (primary N) is 1. The van der Waals surface area contributed by atoms with Crippen LogP contribution >= 0.6 is 7.82 Å². The molecule has 0 aromatic heterocycles. The van der Waals surface area contributed by atoms with E-state index in [4.69, 9.17) is 33.5 Å². The summed E-state index contributed by atoms with van der Waals surface area (Å²) in [6, 6.07) is 0. The molecule has 0 bridgehead atoms. The summed E-state index contributed by atoms with van der Waals surface area (Å²) < 4.78 is 45.3. The minimum Gasteiger partial charge on any atom is -0.463 e. The predicted octanol–water partition coefficient (Wildman–Crippen LogP) is 0.557. The van der Waals surface area contributed by atoms with Crippen LogP contribution in [-0.4, -0.2) is 77.9 Å². The first-order chi connectivity index (χ1) is 15.8. The van der Waals surface area contributed by atoms with Gasteiger partial charge < -0.3 is 19.9 Å². The highest BCUT2D eigenvalue weighted by molar-refractivity contribution is 7.48. The number of ketones is 1. The fourth-order valence-corrected chi connectivity index (χ4v) is 5.31. The largest absolute Gasteiger partial charge is 0.475 e. The monoisotopic (exact) mass is 504 g/mol. The first-order valence-electron chi connectivity index (χ1n) is 10.7. The standard InChI is InChI=1S/C20H29N2O11P/c1-11(2)30-17(26)8-14(31-12(3)23)9-28-34(27)29-10-15-18(33-34)20(4,21)19(32-15)22-6-5-13(24)7-16(22)25/h5-6,11,14-15,18-19H,7-10,21H2,1-4H3/t14-,15+,18+,19+,20+,34+/m0/s1. The first-order valence-corrected chi connectivity index (χ1v) is 12.2. The first kappa shape index (κ1) is 26.5. The molecule has 0 saturated carbocycles. The molecule has 3 rings (SSSR count). The van der Waals surface area contributed by atoms with Crippen molar-refractivity contribution in [2.75, 3.05) is 13.2 Å².